The lowest BCUT2D eigenvalue weighted by Crippen LogP contribution is -2.50. The highest BCUT2D eigenvalue weighted by Crippen LogP contribution is 2.15. The van der Waals surface area contributed by atoms with E-state index in [9.17, 15) is 24.5 Å². The van der Waals surface area contributed by atoms with Crippen LogP contribution in [-0.4, -0.2) is 58.6 Å². The summed E-state index contributed by atoms with van der Waals surface area (Å²) >= 11 is 0. The molecule has 1 saturated heterocycles. The fraction of sp³-hybridized carbons (Fsp3) is 0.438. The Bertz CT molecular complexity index is 683. The summed E-state index contributed by atoms with van der Waals surface area (Å²) in [6.07, 6.45) is 0.869. The smallest absolute Gasteiger partial charge is 0.269 e. The number of benzene rings is 1. The minimum Gasteiger partial charge on any atom is -0.339 e. The summed E-state index contributed by atoms with van der Waals surface area (Å²) in [6, 6.07) is 5.45. The Balaban J connectivity index is 1.81. The van der Waals surface area contributed by atoms with Gasteiger partial charge in [0.15, 0.2) is 0 Å². The lowest BCUT2D eigenvalue weighted by Gasteiger charge is -2.35. The average molecular weight is 363 g/mol. The molecule has 26 heavy (non-hydrogen) atoms. The van der Waals surface area contributed by atoms with Crippen LogP contribution >= 0.6 is 0 Å². The van der Waals surface area contributed by atoms with Gasteiger partial charge in [-0.25, -0.2) is 5.84 Å². The molecular formula is C16H21N5O5. The summed E-state index contributed by atoms with van der Waals surface area (Å²) in [5.41, 5.74) is 2.33. The van der Waals surface area contributed by atoms with Crippen LogP contribution in [0.1, 0.15) is 29.6 Å². The molecule has 1 fully saturated rings. The Morgan fingerprint density at radius 3 is 2.15 bits per heavy atom. The first-order valence-corrected chi connectivity index (χ1v) is 8.23. The van der Waals surface area contributed by atoms with E-state index >= 15 is 0 Å². The van der Waals surface area contributed by atoms with Crippen LogP contribution in [-0.2, 0) is 9.59 Å². The number of nitro groups is 1. The van der Waals surface area contributed by atoms with Gasteiger partial charge >= 0.3 is 0 Å². The van der Waals surface area contributed by atoms with Crippen LogP contribution in [0.3, 0.4) is 0 Å². The number of nitrogens with one attached hydrogen (secondary N) is 1. The monoisotopic (exact) mass is 363 g/mol. The van der Waals surface area contributed by atoms with Crippen LogP contribution in [0.25, 0.3) is 0 Å². The SMILES string of the molecule is NNC(=O)CCCC(=O)N1CCN(C(=O)c2ccc([N+](=O)[O-])cc2)CC1. The van der Waals surface area contributed by atoms with E-state index in [1.807, 2.05) is 5.43 Å². The second kappa shape index (κ2) is 8.90. The Morgan fingerprint density at radius 1 is 1.04 bits per heavy atom. The van der Waals surface area contributed by atoms with Gasteiger partial charge in [-0.1, -0.05) is 0 Å². The summed E-state index contributed by atoms with van der Waals surface area (Å²) in [5.74, 6) is 4.40. The van der Waals surface area contributed by atoms with E-state index in [0.717, 1.165) is 0 Å². The van der Waals surface area contributed by atoms with Gasteiger partial charge < -0.3 is 9.80 Å². The number of carbonyl (C=O) groups is 3. The Labute approximate surface area is 150 Å². The molecule has 10 nitrogen and oxygen atoms in total. The number of nitrogens with zero attached hydrogens (tertiary/aromatic N) is 3. The summed E-state index contributed by atoms with van der Waals surface area (Å²) in [6.45, 7) is 1.62. The van der Waals surface area contributed by atoms with Crippen LogP contribution in [0.2, 0.25) is 0 Å². The number of nitrogens with two attached hydrogens (primary N) is 1. The third kappa shape index (κ3) is 4.99. The van der Waals surface area contributed by atoms with E-state index in [-0.39, 0.29) is 36.3 Å². The van der Waals surface area contributed by atoms with Crippen LogP contribution in [0.15, 0.2) is 24.3 Å². The molecule has 140 valence electrons. The highest BCUT2D eigenvalue weighted by atomic mass is 16.6. The number of piperazine rings is 1. The molecule has 1 aromatic carbocycles. The largest absolute Gasteiger partial charge is 0.339 e. The summed E-state index contributed by atoms with van der Waals surface area (Å²) in [5, 5.41) is 10.7. The van der Waals surface area contributed by atoms with Gasteiger partial charge in [0.25, 0.3) is 11.6 Å². The third-order valence-corrected chi connectivity index (χ3v) is 4.20. The zero-order chi connectivity index (χ0) is 19.1. The standard InChI is InChI=1S/C16H21N5O5/c17-18-14(22)2-1-3-15(23)19-8-10-20(11-9-19)16(24)12-4-6-13(7-5-12)21(25)26/h4-7H,1-3,8-11,17H2,(H,18,22). The maximum Gasteiger partial charge on any atom is 0.269 e. The summed E-state index contributed by atoms with van der Waals surface area (Å²) < 4.78 is 0. The summed E-state index contributed by atoms with van der Waals surface area (Å²) in [7, 11) is 0. The molecule has 1 aromatic rings. The molecule has 0 aliphatic carbocycles. The Kier molecular flexibility index (Phi) is 6.61. The molecule has 1 aliphatic rings. The van der Waals surface area contributed by atoms with Crippen molar-refractivity contribution in [2.24, 2.45) is 5.84 Å². The van der Waals surface area contributed by atoms with Crippen molar-refractivity contribution >= 4 is 23.4 Å². The average Bonchev–Trinajstić information content (AvgIpc) is 2.67. The Hall–Kier alpha value is -3.01. The van der Waals surface area contributed by atoms with Crippen molar-refractivity contribution in [2.45, 2.75) is 19.3 Å². The van der Waals surface area contributed by atoms with Crippen molar-refractivity contribution in [3.8, 4) is 0 Å². The van der Waals surface area contributed by atoms with Crippen molar-refractivity contribution in [2.75, 3.05) is 26.2 Å². The van der Waals surface area contributed by atoms with Crippen LogP contribution in [0, 0.1) is 10.1 Å². The van der Waals surface area contributed by atoms with Crippen LogP contribution < -0.4 is 11.3 Å². The molecule has 0 unspecified atom stereocenters. The second-order valence-electron chi connectivity index (χ2n) is 5.90. The lowest BCUT2D eigenvalue weighted by molar-refractivity contribution is -0.384. The maximum atomic E-state index is 12.4. The number of hydrogen-bond acceptors (Lipinski definition) is 6. The predicted octanol–water partition coefficient (Wildman–Crippen LogP) is 0.0394. The molecule has 0 spiro atoms. The number of hydrogen-bond donors (Lipinski definition) is 2. The predicted molar refractivity (Wildman–Crippen MR) is 91.8 cm³/mol. The molecule has 0 radical (unpaired) electrons. The van der Waals surface area contributed by atoms with Gasteiger partial charge in [-0.05, 0) is 18.6 Å². The summed E-state index contributed by atoms with van der Waals surface area (Å²) in [4.78, 5) is 49.0. The van der Waals surface area contributed by atoms with Crippen LogP contribution in [0.5, 0.6) is 0 Å². The first-order chi connectivity index (χ1) is 12.4. The molecular weight excluding hydrogens is 342 g/mol. The molecule has 1 heterocycles. The maximum absolute atomic E-state index is 12.4. The molecule has 3 N–H and O–H groups in total. The topological polar surface area (TPSA) is 139 Å². The van der Waals surface area contributed by atoms with Gasteiger partial charge in [0, 0.05) is 56.7 Å². The number of rotatable bonds is 6. The number of hydrazine groups is 1. The Morgan fingerprint density at radius 2 is 1.62 bits per heavy atom. The van der Waals surface area contributed by atoms with E-state index in [4.69, 9.17) is 5.84 Å². The number of carbonyl (C=O) groups excluding carboxylic acids is 3. The fourth-order valence-electron chi connectivity index (χ4n) is 2.70. The van der Waals surface area contributed by atoms with E-state index in [1.165, 1.54) is 24.3 Å². The highest BCUT2D eigenvalue weighted by Gasteiger charge is 2.25. The fourth-order valence-corrected chi connectivity index (χ4v) is 2.70. The van der Waals surface area contributed by atoms with Gasteiger partial charge in [0.1, 0.15) is 0 Å². The minimum atomic E-state index is -0.518. The third-order valence-electron chi connectivity index (χ3n) is 4.20. The van der Waals surface area contributed by atoms with Gasteiger partial charge in [-0.15, -0.1) is 0 Å². The molecule has 2 rings (SSSR count). The molecule has 3 amide bonds. The molecule has 0 saturated carbocycles. The van der Waals surface area contributed by atoms with E-state index in [2.05, 4.69) is 0 Å². The zero-order valence-corrected chi connectivity index (χ0v) is 14.2. The van der Waals surface area contributed by atoms with Gasteiger partial charge in [0.2, 0.25) is 11.8 Å². The van der Waals surface area contributed by atoms with Crippen molar-refractivity contribution in [3.63, 3.8) is 0 Å². The van der Waals surface area contributed by atoms with Crippen LogP contribution in [0.4, 0.5) is 5.69 Å². The second-order valence-corrected chi connectivity index (χ2v) is 5.90. The first-order valence-electron chi connectivity index (χ1n) is 8.23. The van der Waals surface area contributed by atoms with E-state index in [0.29, 0.717) is 38.2 Å². The number of nitro benzene ring substituents is 1. The highest BCUT2D eigenvalue weighted by molar-refractivity contribution is 5.94. The van der Waals surface area contributed by atoms with Crippen molar-refractivity contribution in [1.29, 1.82) is 0 Å². The van der Waals surface area contributed by atoms with Crippen molar-refractivity contribution in [3.05, 3.63) is 39.9 Å². The van der Waals surface area contributed by atoms with Crippen molar-refractivity contribution < 1.29 is 19.3 Å². The zero-order valence-electron chi connectivity index (χ0n) is 14.2. The lowest BCUT2D eigenvalue weighted by atomic mass is 10.1. The van der Waals surface area contributed by atoms with E-state index < -0.39 is 4.92 Å². The molecule has 0 bridgehead atoms. The van der Waals surface area contributed by atoms with Gasteiger partial charge in [-0.3, -0.25) is 29.9 Å². The first kappa shape index (κ1) is 19.3. The molecule has 1 aliphatic heterocycles. The number of amides is 3. The molecule has 10 heteroatoms. The van der Waals surface area contributed by atoms with Gasteiger partial charge in [-0.2, -0.15) is 0 Å². The van der Waals surface area contributed by atoms with Gasteiger partial charge in [0.05, 0.1) is 4.92 Å². The number of non-ortho nitro benzene ring substituents is 1. The van der Waals surface area contributed by atoms with Crippen molar-refractivity contribution in [1.82, 2.24) is 15.2 Å². The normalized spacial score (nSPS) is 14.0. The molecule has 0 aromatic heterocycles. The quantitative estimate of drug-likeness (QED) is 0.317. The molecule has 0 atom stereocenters. The van der Waals surface area contributed by atoms with E-state index in [1.54, 1.807) is 9.80 Å². The minimum absolute atomic E-state index is 0.0581.